The molecule has 2 atom stereocenters. The standard InChI is InChI=1S/C23H22N4O4/c28-14-20-22(31-15-21(29)27(20)13-16-4-2-1-3-5-16)17-6-8-18(9-7-17)26-23(30)19-12-24-10-11-25-19/h1-12,20,22,28H,13-15H2,(H,26,30). The third-order valence-electron chi connectivity index (χ3n) is 5.13. The Balaban J connectivity index is 1.48. The molecule has 3 aromatic rings. The van der Waals surface area contributed by atoms with Crippen molar-refractivity contribution < 1.29 is 19.4 Å². The predicted octanol–water partition coefficient (Wildman–Crippen LogP) is 2.19. The second kappa shape index (κ2) is 9.46. The molecule has 0 bridgehead atoms. The Morgan fingerprint density at radius 1 is 1.13 bits per heavy atom. The highest BCUT2D eigenvalue weighted by atomic mass is 16.5. The van der Waals surface area contributed by atoms with E-state index in [9.17, 15) is 14.7 Å². The van der Waals surface area contributed by atoms with Crippen molar-refractivity contribution >= 4 is 17.5 Å². The van der Waals surface area contributed by atoms with Crippen LogP contribution in [-0.2, 0) is 16.1 Å². The number of aliphatic hydroxyl groups is 1. The molecule has 0 spiro atoms. The number of aliphatic hydroxyl groups excluding tert-OH is 1. The van der Waals surface area contributed by atoms with Gasteiger partial charge in [0, 0.05) is 24.6 Å². The summed E-state index contributed by atoms with van der Waals surface area (Å²) in [5.74, 6) is -0.519. The summed E-state index contributed by atoms with van der Waals surface area (Å²) >= 11 is 0. The summed E-state index contributed by atoms with van der Waals surface area (Å²) in [5, 5.41) is 12.8. The second-order valence-electron chi connectivity index (χ2n) is 7.16. The average molecular weight is 418 g/mol. The van der Waals surface area contributed by atoms with Crippen LogP contribution in [0.15, 0.2) is 73.2 Å². The lowest BCUT2D eigenvalue weighted by molar-refractivity contribution is -0.162. The molecule has 1 aromatic heterocycles. The van der Waals surface area contributed by atoms with Crippen LogP contribution in [-0.4, -0.2) is 51.0 Å². The fraction of sp³-hybridized carbons (Fsp3) is 0.217. The molecule has 0 saturated carbocycles. The molecule has 8 nitrogen and oxygen atoms in total. The van der Waals surface area contributed by atoms with Gasteiger partial charge < -0.3 is 20.1 Å². The molecule has 1 saturated heterocycles. The van der Waals surface area contributed by atoms with E-state index in [1.54, 1.807) is 17.0 Å². The zero-order valence-corrected chi connectivity index (χ0v) is 16.7. The minimum atomic E-state index is -0.513. The van der Waals surface area contributed by atoms with Gasteiger partial charge >= 0.3 is 0 Å². The molecular formula is C23H22N4O4. The van der Waals surface area contributed by atoms with Gasteiger partial charge in [0.15, 0.2) is 0 Å². The Bertz CT molecular complexity index is 1030. The van der Waals surface area contributed by atoms with Gasteiger partial charge in [0.1, 0.15) is 18.4 Å². The van der Waals surface area contributed by atoms with Gasteiger partial charge in [-0.1, -0.05) is 42.5 Å². The largest absolute Gasteiger partial charge is 0.394 e. The predicted molar refractivity (Wildman–Crippen MR) is 113 cm³/mol. The Hall–Kier alpha value is -3.62. The Morgan fingerprint density at radius 2 is 1.90 bits per heavy atom. The van der Waals surface area contributed by atoms with Crippen LogP contribution in [0, 0.1) is 0 Å². The van der Waals surface area contributed by atoms with E-state index in [2.05, 4.69) is 15.3 Å². The highest BCUT2D eigenvalue weighted by molar-refractivity contribution is 6.02. The minimum Gasteiger partial charge on any atom is -0.394 e. The lowest BCUT2D eigenvalue weighted by Crippen LogP contribution is -2.52. The molecule has 0 aliphatic carbocycles. The number of carbonyl (C=O) groups excluding carboxylic acids is 2. The maximum absolute atomic E-state index is 12.5. The summed E-state index contributed by atoms with van der Waals surface area (Å²) in [6.07, 6.45) is 3.87. The number of anilines is 1. The van der Waals surface area contributed by atoms with Crippen LogP contribution in [0.25, 0.3) is 0 Å². The first-order chi connectivity index (χ1) is 15.2. The van der Waals surface area contributed by atoms with E-state index in [0.717, 1.165) is 11.1 Å². The van der Waals surface area contributed by atoms with Crippen molar-refractivity contribution in [3.05, 3.63) is 90.0 Å². The van der Waals surface area contributed by atoms with E-state index in [1.807, 2.05) is 42.5 Å². The van der Waals surface area contributed by atoms with E-state index >= 15 is 0 Å². The summed E-state index contributed by atoms with van der Waals surface area (Å²) in [7, 11) is 0. The van der Waals surface area contributed by atoms with Gasteiger partial charge in [0.25, 0.3) is 5.91 Å². The van der Waals surface area contributed by atoms with Crippen molar-refractivity contribution in [3.8, 4) is 0 Å². The molecular weight excluding hydrogens is 396 g/mol. The van der Waals surface area contributed by atoms with Crippen LogP contribution in [0.5, 0.6) is 0 Å². The molecule has 2 amide bonds. The fourth-order valence-corrected chi connectivity index (χ4v) is 3.57. The summed E-state index contributed by atoms with van der Waals surface area (Å²) in [4.78, 5) is 34.2. The molecule has 1 fully saturated rings. The number of carbonyl (C=O) groups is 2. The SMILES string of the molecule is O=C(Nc1ccc(C2OCC(=O)N(Cc3ccccc3)C2CO)cc1)c1cnccn1. The van der Waals surface area contributed by atoms with Crippen molar-refractivity contribution in [2.75, 3.05) is 18.5 Å². The van der Waals surface area contributed by atoms with Gasteiger partial charge in [-0.15, -0.1) is 0 Å². The summed E-state index contributed by atoms with van der Waals surface area (Å²) < 4.78 is 5.78. The number of aromatic nitrogens is 2. The summed E-state index contributed by atoms with van der Waals surface area (Å²) in [5.41, 5.74) is 2.60. The highest BCUT2D eigenvalue weighted by Crippen LogP contribution is 2.31. The van der Waals surface area contributed by atoms with E-state index < -0.39 is 12.1 Å². The summed E-state index contributed by atoms with van der Waals surface area (Å²) in [6.45, 7) is 0.116. The minimum absolute atomic E-state index is 0.0564. The van der Waals surface area contributed by atoms with Crippen LogP contribution in [0.1, 0.15) is 27.7 Å². The van der Waals surface area contributed by atoms with Crippen LogP contribution in [0.2, 0.25) is 0 Å². The molecule has 0 radical (unpaired) electrons. The first-order valence-electron chi connectivity index (χ1n) is 9.89. The molecule has 4 rings (SSSR count). The number of amides is 2. The lowest BCUT2D eigenvalue weighted by Gasteiger charge is -2.40. The fourth-order valence-electron chi connectivity index (χ4n) is 3.57. The Labute approximate surface area is 179 Å². The van der Waals surface area contributed by atoms with Crippen molar-refractivity contribution in [1.29, 1.82) is 0 Å². The van der Waals surface area contributed by atoms with Crippen LogP contribution < -0.4 is 5.32 Å². The first kappa shape index (κ1) is 20.6. The maximum atomic E-state index is 12.5. The van der Waals surface area contributed by atoms with Crippen molar-refractivity contribution in [1.82, 2.24) is 14.9 Å². The van der Waals surface area contributed by atoms with Crippen LogP contribution >= 0.6 is 0 Å². The lowest BCUT2D eigenvalue weighted by atomic mass is 9.98. The first-order valence-corrected chi connectivity index (χ1v) is 9.89. The molecule has 2 heterocycles. The molecule has 31 heavy (non-hydrogen) atoms. The molecule has 2 unspecified atom stereocenters. The zero-order chi connectivity index (χ0) is 21.6. The van der Waals surface area contributed by atoms with Crippen molar-refractivity contribution in [2.24, 2.45) is 0 Å². The number of nitrogens with zero attached hydrogens (tertiary/aromatic N) is 3. The third-order valence-corrected chi connectivity index (χ3v) is 5.13. The van der Waals surface area contributed by atoms with E-state index in [0.29, 0.717) is 12.2 Å². The number of ether oxygens (including phenoxy) is 1. The number of morpholine rings is 1. The topological polar surface area (TPSA) is 105 Å². The van der Waals surface area contributed by atoms with Gasteiger partial charge in [-0.25, -0.2) is 4.98 Å². The number of nitrogens with one attached hydrogen (secondary N) is 1. The normalized spacial score (nSPS) is 18.6. The van der Waals surface area contributed by atoms with E-state index in [4.69, 9.17) is 4.74 Å². The molecule has 2 N–H and O–H groups in total. The number of hydrogen-bond acceptors (Lipinski definition) is 6. The average Bonchev–Trinajstić information content (AvgIpc) is 2.82. The number of hydrogen-bond donors (Lipinski definition) is 2. The van der Waals surface area contributed by atoms with E-state index in [1.165, 1.54) is 18.6 Å². The Kier molecular flexibility index (Phi) is 6.30. The Morgan fingerprint density at radius 3 is 2.58 bits per heavy atom. The van der Waals surface area contributed by atoms with Gasteiger partial charge in [0.05, 0.1) is 18.8 Å². The smallest absolute Gasteiger partial charge is 0.275 e. The third kappa shape index (κ3) is 4.76. The molecule has 158 valence electrons. The highest BCUT2D eigenvalue weighted by Gasteiger charge is 2.37. The van der Waals surface area contributed by atoms with Crippen molar-refractivity contribution in [2.45, 2.75) is 18.7 Å². The van der Waals surface area contributed by atoms with E-state index in [-0.39, 0.29) is 30.7 Å². The maximum Gasteiger partial charge on any atom is 0.275 e. The molecule has 1 aliphatic heterocycles. The van der Waals surface area contributed by atoms with Crippen molar-refractivity contribution in [3.63, 3.8) is 0 Å². The van der Waals surface area contributed by atoms with Gasteiger partial charge in [-0.2, -0.15) is 0 Å². The summed E-state index contributed by atoms with van der Waals surface area (Å²) in [6, 6.07) is 16.3. The second-order valence-corrected chi connectivity index (χ2v) is 7.16. The van der Waals surface area contributed by atoms with Gasteiger partial charge in [-0.3, -0.25) is 14.6 Å². The zero-order valence-electron chi connectivity index (χ0n) is 16.7. The van der Waals surface area contributed by atoms with Crippen LogP contribution in [0.4, 0.5) is 5.69 Å². The molecule has 2 aromatic carbocycles. The number of benzene rings is 2. The molecule has 1 aliphatic rings. The monoisotopic (exact) mass is 418 g/mol. The van der Waals surface area contributed by atoms with Gasteiger partial charge in [-0.05, 0) is 23.3 Å². The molecule has 8 heteroatoms. The quantitative estimate of drug-likeness (QED) is 0.636. The number of rotatable bonds is 6. The van der Waals surface area contributed by atoms with Gasteiger partial charge in [0.2, 0.25) is 5.91 Å². The van der Waals surface area contributed by atoms with Crippen LogP contribution in [0.3, 0.4) is 0 Å².